The largest absolute Gasteiger partial charge is 0.352 e. The van der Waals surface area contributed by atoms with Crippen molar-refractivity contribution in [1.29, 1.82) is 0 Å². The van der Waals surface area contributed by atoms with Gasteiger partial charge in [0.15, 0.2) is 0 Å². The third kappa shape index (κ3) is 4.36. The van der Waals surface area contributed by atoms with Crippen LogP contribution in [-0.2, 0) is 11.3 Å². The summed E-state index contributed by atoms with van der Waals surface area (Å²) in [6.45, 7) is 5.17. The molecular weight excluding hydrogens is 330 g/mol. The molecule has 0 unspecified atom stereocenters. The summed E-state index contributed by atoms with van der Waals surface area (Å²) in [5.74, 6) is 0.449. The van der Waals surface area contributed by atoms with Crippen LogP contribution in [0, 0.1) is 0 Å². The molecule has 2 aromatic rings. The number of anilines is 2. The first-order valence-electron chi connectivity index (χ1n) is 8.79. The van der Waals surface area contributed by atoms with Crippen LogP contribution in [0.2, 0.25) is 0 Å². The predicted molar refractivity (Wildman–Crippen MR) is 100.0 cm³/mol. The number of hydrogen-bond donors (Lipinski definition) is 2. The highest BCUT2D eigenvalue weighted by Crippen LogP contribution is 2.21. The number of amides is 2. The Kier molecular flexibility index (Phi) is 5.46. The predicted octanol–water partition coefficient (Wildman–Crippen LogP) is 2.35. The van der Waals surface area contributed by atoms with Gasteiger partial charge in [-0.1, -0.05) is 12.1 Å². The van der Waals surface area contributed by atoms with Crippen LogP contribution in [0.5, 0.6) is 0 Å². The number of nitrogens with one attached hydrogen (secondary N) is 2. The molecule has 2 amide bonds. The Bertz CT molecular complexity index is 772. The molecule has 1 saturated heterocycles. The number of carbonyl (C=O) groups excluding carboxylic acids is 2. The van der Waals surface area contributed by atoms with Crippen LogP contribution in [0.1, 0.15) is 42.6 Å². The first kappa shape index (κ1) is 17.8. The summed E-state index contributed by atoms with van der Waals surface area (Å²) in [4.78, 5) is 34.0. The van der Waals surface area contributed by atoms with E-state index in [1.165, 1.54) is 12.4 Å². The first-order chi connectivity index (χ1) is 12.5. The van der Waals surface area contributed by atoms with E-state index in [9.17, 15) is 9.59 Å². The summed E-state index contributed by atoms with van der Waals surface area (Å²) in [5.41, 5.74) is 2.29. The van der Waals surface area contributed by atoms with Gasteiger partial charge in [-0.05, 0) is 38.0 Å². The van der Waals surface area contributed by atoms with Crippen LogP contribution in [-0.4, -0.2) is 34.4 Å². The Morgan fingerprint density at radius 3 is 2.46 bits per heavy atom. The minimum atomic E-state index is -0.222. The minimum Gasteiger partial charge on any atom is -0.352 e. The van der Waals surface area contributed by atoms with Crippen molar-refractivity contribution in [2.75, 3.05) is 16.8 Å². The summed E-state index contributed by atoms with van der Waals surface area (Å²) in [7, 11) is 0. The highest BCUT2D eigenvalue weighted by Gasteiger charge is 2.21. The molecule has 1 aliphatic heterocycles. The smallest absolute Gasteiger partial charge is 0.254 e. The summed E-state index contributed by atoms with van der Waals surface area (Å²) in [6.07, 6.45) is 4.54. The summed E-state index contributed by atoms with van der Waals surface area (Å²) in [6, 6.07) is 7.91. The molecule has 1 fully saturated rings. The standard InChI is InChI=1S/C19H23N5O2/c1-13(2)23-19-21-11-15(12-22-19)18(26)20-10-14-5-7-16(8-6-14)24-9-3-4-17(24)25/h5-8,11-13H,3-4,9-10H2,1-2H3,(H,20,26)(H,21,22,23). The average molecular weight is 353 g/mol. The van der Waals surface area contributed by atoms with Gasteiger partial charge < -0.3 is 15.5 Å². The molecule has 3 rings (SSSR count). The van der Waals surface area contributed by atoms with Gasteiger partial charge in [-0.2, -0.15) is 0 Å². The van der Waals surface area contributed by atoms with Crippen molar-refractivity contribution in [1.82, 2.24) is 15.3 Å². The van der Waals surface area contributed by atoms with E-state index in [1.807, 2.05) is 38.1 Å². The second kappa shape index (κ2) is 7.95. The molecule has 0 saturated carbocycles. The molecule has 26 heavy (non-hydrogen) atoms. The first-order valence-corrected chi connectivity index (χ1v) is 8.79. The fraction of sp³-hybridized carbons (Fsp3) is 0.368. The van der Waals surface area contributed by atoms with E-state index >= 15 is 0 Å². The van der Waals surface area contributed by atoms with Crippen molar-refractivity contribution in [3.63, 3.8) is 0 Å². The van der Waals surface area contributed by atoms with Crippen LogP contribution >= 0.6 is 0 Å². The fourth-order valence-corrected chi connectivity index (χ4v) is 2.78. The molecule has 136 valence electrons. The molecule has 0 aliphatic carbocycles. The van der Waals surface area contributed by atoms with Gasteiger partial charge in [0.05, 0.1) is 5.56 Å². The number of benzene rings is 1. The van der Waals surface area contributed by atoms with E-state index in [2.05, 4.69) is 20.6 Å². The number of nitrogens with zero attached hydrogens (tertiary/aromatic N) is 3. The van der Waals surface area contributed by atoms with Crippen LogP contribution in [0.3, 0.4) is 0 Å². The van der Waals surface area contributed by atoms with E-state index in [1.54, 1.807) is 4.90 Å². The van der Waals surface area contributed by atoms with Crippen molar-refractivity contribution in [3.05, 3.63) is 47.8 Å². The van der Waals surface area contributed by atoms with Crippen LogP contribution in [0.25, 0.3) is 0 Å². The molecule has 7 nitrogen and oxygen atoms in total. The molecule has 1 aliphatic rings. The zero-order chi connectivity index (χ0) is 18.5. The van der Waals surface area contributed by atoms with Crippen LogP contribution in [0.15, 0.2) is 36.7 Å². The van der Waals surface area contributed by atoms with Crippen LogP contribution < -0.4 is 15.5 Å². The molecule has 2 heterocycles. The lowest BCUT2D eigenvalue weighted by atomic mass is 10.2. The van der Waals surface area contributed by atoms with Gasteiger partial charge in [0.25, 0.3) is 5.91 Å². The SMILES string of the molecule is CC(C)Nc1ncc(C(=O)NCc2ccc(N3CCCC3=O)cc2)cn1. The summed E-state index contributed by atoms with van der Waals surface area (Å²) < 4.78 is 0. The second-order valence-electron chi connectivity index (χ2n) is 6.59. The van der Waals surface area contributed by atoms with Crippen molar-refractivity contribution in [2.24, 2.45) is 0 Å². The lowest BCUT2D eigenvalue weighted by Gasteiger charge is -2.16. The van der Waals surface area contributed by atoms with Gasteiger partial charge in [-0.25, -0.2) is 9.97 Å². The van der Waals surface area contributed by atoms with E-state index < -0.39 is 0 Å². The maximum Gasteiger partial charge on any atom is 0.254 e. The third-order valence-electron chi connectivity index (χ3n) is 4.11. The molecule has 0 spiro atoms. The van der Waals surface area contributed by atoms with Gasteiger partial charge in [-0.15, -0.1) is 0 Å². The van der Waals surface area contributed by atoms with Gasteiger partial charge in [0.2, 0.25) is 11.9 Å². The Morgan fingerprint density at radius 2 is 1.88 bits per heavy atom. The Labute approximate surface area is 152 Å². The molecule has 1 aromatic heterocycles. The maximum absolute atomic E-state index is 12.2. The molecule has 7 heteroatoms. The highest BCUT2D eigenvalue weighted by atomic mass is 16.2. The van der Waals surface area contributed by atoms with Crippen molar-refractivity contribution < 1.29 is 9.59 Å². The maximum atomic E-state index is 12.2. The molecule has 0 bridgehead atoms. The van der Waals surface area contributed by atoms with Crippen LogP contribution in [0.4, 0.5) is 11.6 Å². The molecule has 0 radical (unpaired) electrons. The van der Waals surface area contributed by atoms with Crippen molar-refractivity contribution in [3.8, 4) is 0 Å². The number of rotatable bonds is 6. The van der Waals surface area contributed by atoms with Crippen molar-refractivity contribution >= 4 is 23.5 Å². The van der Waals surface area contributed by atoms with Gasteiger partial charge in [-0.3, -0.25) is 9.59 Å². The number of hydrogen-bond acceptors (Lipinski definition) is 5. The van der Waals surface area contributed by atoms with E-state index in [0.29, 0.717) is 24.5 Å². The topological polar surface area (TPSA) is 87.2 Å². The van der Waals surface area contributed by atoms with Gasteiger partial charge in [0.1, 0.15) is 0 Å². The monoisotopic (exact) mass is 353 g/mol. The van der Waals surface area contributed by atoms with E-state index in [4.69, 9.17) is 0 Å². The quantitative estimate of drug-likeness (QED) is 0.832. The average Bonchev–Trinajstić information content (AvgIpc) is 3.06. The number of aromatic nitrogens is 2. The number of carbonyl (C=O) groups is 2. The Morgan fingerprint density at radius 1 is 1.19 bits per heavy atom. The summed E-state index contributed by atoms with van der Waals surface area (Å²) in [5, 5.41) is 5.93. The zero-order valence-corrected chi connectivity index (χ0v) is 15.0. The molecule has 2 N–H and O–H groups in total. The third-order valence-corrected chi connectivity index (χ3v) is 4.11. The highest BCUT2D eigenvalue weighted by molar-refractivity contribution is 5.95. The van der Waals surface area contributed by atoms with Gasteiger partial charge in [0, 0.05) is 43.6 Å². The minimum absolute atomic E-state index is 0.168. The summed E-state index contributed by atoms with van der Waals surface area (Å²) >= 11 is 0. The zero-order valence-electron chi connectivity index (χ0n) is 15.0. The fourth-order valence-electron chi connectivity index (χ4n) is 2.78. The Hall–Kier alpha value is -2.96. The van der Waals surface area contributed by atoms with E-state index in [-0.39, 0.29) is 17.9 Å². The Balaban J connectivity index is 1.55. The lowest BCUT2D eigenvalue weighted by molar-refractivity contribution is -0.117. The molecular formula is C19H23N5O2. The van der Waals surface area contributed by atoms with Crippen molar-refractivity contribution in [2.45, 2.75) is 39.3 Å². The molecule has 1 aromatic carbocycles. The lowest BCUT2D eigenvalue weighted by Crippen LogP contribution is -2.24. The molecule has 0 atom stereocenters. The second-order valence-corrected chi connectivity index (χ2v) is 6.59. The van der Waals surface area contributed by atoms with Gasteiger partial charge >= 0.3 is 0 Å². The van der Waals surface area contributed by atoms with E-state index in [0.717, 1.165) is 24.2 Å². The normalized spacial score (nSPS) is 14.0.